The second-order valence-corrected chi connectivity index (χ2v) is 8.58. The zero-order valence-electron chi connectivity index (χ0n) is 19.0. The zero-order valence-corrected chi connectivity index (χ0v) is 19.0. The molecule has 1 amide bonds. The lowest BCUT2D eigenvalue weighted by atomic mass is 10.1. The van der Waals surface area contributed by atoms with Gasteiger partial charge in [-0.3, -0.25) is 4.79 Å². The van der Waals surface area contributed by atoms with E-state index in [2.05, 4.69) is 14.8 Å². The molecule has 0 N–H and O–H groups in total. The van der Waals surface area contributed by atoms with Gasteiger partial charge in [0.25, 0.3) is 5.91 Å². The van der Waals surface area contributed by atoms with Gasteiger partial charge in [0, 0.05) is 56.6 Å². The van der Waals surface area contributed by atoms with Crippen LogP contribution in [0.25, 0.3) is 0 Å². The van der Waals surface area contributed by atoms with Crippen LogP contribution in [0.4, 0.5) is 11.8 Å². The lowest BCUT2D eigenvalue weighted by Gasteiger charge is -2.35. The van der Waals surface area contributed by atoms with Crippen LogP contribution < -0.4 is 14.5 Å². The normalized spacial score (nSPS) is 16.2. The number of carbonyl (C=O) groups is 1. The number of aryl methyl sites for hydroxylation is 1. The van der Waals surface area contributed by atoms with E-state index in [1.54, 1.807) is 0 Å². The summed E-state index contributed by atoms with van der Waals surface area (Å²) in [5, 5.41) is 0. The molecule has 33 heavy (non-hydrogen) atoms. The van der Waals surface area contributed by atoms with Crippen LogP contribution >= 0.6 is 0 Å². The van der Waals surface area contributed by atoms with Crippen LogP contribution in [0.15, 0.2) is 60.7 Å². The first-order valence-corrected chi connectivity index (χ1v) is 11.6. The van der Waals surface area contributed by atoms with E-state index in [-0.39, 0.29) is 5.91 Å². The van der Waals surface area contributed by atoms with Crippen LogP contribution in [-0.4, -0.2) is 60.0 Å². The van der Waals surface area contributed by atoms with E-state index in [1.807, 2.05) is 72.5 Å². The van der Waals surface area contributed by atoms with E-state index in [1.165, 1.54) is 12.8 Å². The largest absolute Gasteiger partial charge is 0.457 e. The van der Waals surface area contributed by atoms with Gasteiger partial charge in [-0.15, -0.1) is 0 Å². The van der Waals surface area contributed by atoms with Gasteiger partial charge in [-0.2, -0.15) is 4.98 Å². The fourth-order valence-corrected chi connectivity index (χ4v) is 4.37. The number of rotatable bonds is 5. The van der Waals surface area contributed by atoms with E-state index in [4.69, 9.17) is 9.72 Å². The quantitative estimate of drug-likeness (QED) is 0.591. The van der Waals surface area contributed by atoms with Crippen molar-refractivity contribution in [2.45, 2.75) is 19.8 Å². The number of amides is 1. The standard InChI is InChI=1S/C26H29N5O2/c1-20-19-24(28-26(27-20)31-13-5-6-14-31)29-15-17-30(18-16-29)25(32)21-9-11-23(12-10-21)33-22-7-3-2-4-8-22/h2-4,7-12,19H,5-6,13-18H2,1H3. The molecule has 1 aromatic heterocycles. The summed E-state index contributed by atoms with van der Waals surface area (Å²) in [6.07, 6.45) is 2.40. The molecule has 0 spiro atoms. The molecule has 0 unspecified atom stereocenters. The van der Waals surface area contributed by atoms with Crippen LogP contribution in [0.2, 0.25) is 0 Å². The van der Waals surface area contributed by atoms with Gasteiger partial charge in [-0.25, -0.2) is 4.98 Å². The first-order chi connectivity index (χ1) is 16.2. The number of piperazine rings is 1. The molecule has 5 rings (SSSR count). The molecule has 170 valence electrons. The Hall–Kier alpha value is -3.61. The summed E-state index contributed by atoms with van der Waals surface area (Å²) in [4.78, 5) is 28.9. The first-order valence-electron chi connectivity index (χ1n) is 11.6. The van der Waals surface area contributed by atoms with E-state index in [0.717, 1.165) is 55.1 Å². The van der Waals surface area contributed by atoms with Crippen LogP contribution in [-0.2, 0) is 0 Å². The average Bonchev–Trinajstić information content (AvgIpc) is 3.40. The van der Waals surface area contributed by atoms with Gasteiger partial charge in [0.2, 0.25) is 5.95 Å². The lowest BCUT2D eigenvalue weighted by Crippen LogP contribution is -2.49. The third-order valence-corrected chi connectivity index (χ3v) is 6.19. The molecule has 0 radical (unpaired) electrons. The lowest BCUT2D eigenvalue weighted by molar-refractivity contribution is 0.0746. The van der Waals surface area contributed by atoms with Crippen LogP contribution in [0, 0.1) is 6.92 Å². The Morgan fingerprint density at radius 1 is 0.788 bits per heavy atom. The third-order valence-electron chi connectivity index (χ3n) is 6.19. The topological polar surface area (TPSA) is 61.8 Å². The highest BCUT2D eigenvalue weighted by atomic mass is 16.5. The van der Waals surface area contributed by atoms with Gasteiger partial charge >= 0.3 is 0 Å². The number of para-hydroxylation sites is 1. The predicted molar refractivity (Wildman–Crippen MR) is 129 cm³/mol. The average molecular weight is 444 g/mol. The molecule has 7 heteroatoms. The van der Waals surface area contributed by atoms with Crippen molar-refractivity contribution in [2.75, 3.05) is 49.1 Å². The summed E-state index contributed by atoms with van der Waals surface area (Å²) in [7, 11) is 0. The molecule has 2 fully saturated rings. The molecule has 7 nitrogen and oxygen atoms in total. The maximum atomic E-state index is 13.0. The van der Waals surface area contributed by atoms with Gasteiger partial charge in [-0.1, -0.05) is 18.2 Å². The van der Waals surface area contributed by atoms with E-state index in [9.17, 15) is 4.79 Å². The third kappa shape index (κ3) is 4.92. The fourth-order valence-electron chi connectivity index (χ4n) is 4.37. The van der Waals surface area contributed by atoms with Crippen molar-refractivity contribution in [3.8, 4) is 11.5 Å². The Kier molecular flexibility index (Phi) is 6.11. The number of hydrogen-bond donors (Lipinski definition) is 0. The van der Waals surface area contributed by atoms with Gasteiger partial charge in [0.15, 0.2) is 0 Å². The van der Waals surface area contributed by atoms with E-state index < -0.39 is 0 Å². The number of carbonyl (C=O) groups excluding carboxylic acids is 1. The second kappa shape index (κ2) is 9.48. The van der Waals surface area contributed by atoms with Crippen molar-refractivity contribution in [1.29, 1.82) is 0 Å². The number of hydrogen-bond acceptors (Lipinski definition) is 6. The van der Waals surface area contributed by atoms with Crippen molar-refractivity contribution in [3.63, 3.8) is 0 Å². The molecule has 0 aliphatic carbocycles. The zero-order chi connectivity index (χ0) is 22.6. The van der Waals surface area contributed by atoms with Crippen molar-refractivity contribution < 1.29 is 9.53 Å². The SMILES string of the molecule is Cc1cc(N2CCN(C(=O)c3ccc(Oc4ccccc4)cc3)CC2)nc(N2CCCC2)n1. The van der Waals surface area contributed by atoms with Crippen molar-refractivity contribution in [2.24, 2.45) is 0 Å². The van der Waals surface area contributed by atoms with Gasteiger partial charge in [0.1, 0.15) is 17.3 Å². The molecule has 0 atom stereocenters. The molecular formula is C26H29N5O2. The van der Waals surface area contributed by atoms with E-state index in [0.29, 0.717) is 18.7 Å². The Morgan fingerprint density at radius 2 is 1.45 bits per heavy atom. The molecule has 0 saturated carbocycles. The predicted octanol–water partition coefficient (Wildman–Crippen LogP) is 4.14. The number of ether oxygens (including phenoxy) is 1. The maximum absolute atomic E-state index is 13.0. The minimum Gasteiger partial charge on any atom is -0.457 e. The Morgan fingerprint density at radius 3 is 2.15 bits per heavy atom. The summed E-state index contributed by atoms with van der Waals surface area (Å²) in [6, 6.07) is 19.0. The van der Waals surface area contributed by atoms with Crippen LogP contribution in [0.5, 0.6) is 11.5 Å². The molecule has 2 saturated heterocycles. The monoisotopic (exact) mass is 443 g/mol. The number of aromatic nitrogens is 2. The Balaban J connectivity index is 1.20. The maximum Gasteiger partial charge on any atom is 0.253 e. The Labute approximate surface area is 194 Å². The van der Waals surface area contributed by atoms with Crippen molar-refractivity contribution >= 4 is 17.7 Å². The van der Waals surface area contributed by atoms with Crippen LogP contribution in [0.1, 0.15) is 28.9 Å². The summed E-state index contributed by atoms with van der Waals surface area (Å²) >= 11 is 0. The van der Waals surface area contributed by atoms with Crippen LogP contribution in [0.3, 0.4) is 0 Å². The van der Waals surface area contributed by atoms with Crippen molar-refractivity contribution in [1.82, 2.24) is 14.9 Å². The molecule has 0 bridgehead atoms. The highest BCUT2D eigenvalue weighted by Gasteiger charge is 2.24. The summed E-state index contributed by atoms with van der Waals surface area (Å²) < 4.78 is 5.83. The smallest absolute Gasteiger partial charge is 0.253 e. The molecular weight excluding hydrogens is 414 g/mol. The van der Waals surface area contributed by atoms with Crippen molar-refractivity contribution in [3.05, 3.63) is 71.9 Å². The molecule has 3 aromatic rings. The molecule has 3 heterocycles. The molecule has 2 aliphatic rings. The Bertz CT molecular complexity index is 1090. The molecule has 2 aromatic carbocycles. The first kappa shape index (κ1) is 21.2. The van der Waals surface area contributed by atoms with Gasteiger partial charge < -0.3 is 19.4 Å². The van der Waals surface area contributed by atoms with Gasteiger partial charge in [0.05, 0.1) is 0 Å². The number of anilines is 2. The fraction of sp³-hybridized carbons (Fsp3) is 0.346. The highest BCUT2D eigenvalue weighted by molar-refractivity contribution is 5.94. The van der Waals surface area contributed by atoms with E-state index >= 15 is 0 Å². The summed E-state index contributed by atoms with van der Waals surface area (Å²) in [6.45, 7) is 6.94. The number of nitrogens with zero attached hydrogens (tertiary/aromatic N) is 5. The number of benzene rings is 2. The molecule has 2 aliphatic heterocycles. The summed E-state index contributed by atoms with van der Waals surface area (Å²) in [5.74, 6) is 3.34. The minimum absolute atomic E-state index is 0.0533. The second-order valence-electron chi connectivity index (χ2n) is 8.58. The highest BCUT2D eigenvalue weighted by Crippen LogP contribution is 2.24. The minimum atomic E-state index is 0.0533. The summed E-state index contributed by atoms with van der Waals surface area (Å²) in [5.41, 5.74) is 1.66. The van der Waals surface area contributed by atoms with Gasteiger partial charge in [-0.05, 0) is 56.2 Å².